The number of nitrogens with two attached hydrogens (primary N) is 1. The quantitative estimate of drug-likeness (QED) is 0.0251. The molecular formula is C37H42K2N10O22. The van der Waals surface area contributed by atoms with E-state index in [0.717, 1.165) is 25.5 Å². The molecule has 0 radical (unpaired) electrons. The van der Waals surface area contributed by atoms with Crippen molar-refractivity contribution in [1.82, 2.24) is 24.9 Å². The molecule has 5 heterocycles. The Hall–Kier alpha value is -6.58. The van der Waals surface area contributed by atoms with Gasteiger partial charge in [0.15, 0.2) is 28.6 Å². The average molecular weight is 1060 g/mol. The second-order valence-electron chi connectivity index (χ2n) is 11.7. The predicted molar refractivity (Wildman–Crippen MR) is 227 cm³/mol. The topological polar surface area (TPSA) is 492 Å². The molecule has 71 heavy (non-hydrogen) atoms. The number of pyridine rings is 5. The number of rotatable bonds is 6. The van der Waals surface area contributed by atoms with Gasteiger partial charge in [0, 0.05) is 65.2 Å². The van der Waals surface area contributed by atoms with Crippen LogP contribution in [0, 0.1) is 75.1 Å². The van der Waals surface area contributed by atoms with Crippen molar-refractivity contribution < 1.29 is 192 Å². The number of aromatic nitrogens is 5. The number of nitrogen functional groups attached to an aromatic ring is 1. The van der Waals surface area contributed by atoms with Gasteiger partial charge in [-0.1, -0.05) is 0 Å². The van der Waals surface area contributed by atoms with Gasteiger partial charge in [-0.05, 0) is 83.5 Å². The third kappa shape index (κ3) is 37.0. The first-order valence-corrected chi connectivity index (χ1v) is 17.8. The van der Waals surface area contributed by atoms with Gasteiger partial charge in [-0.15, -0.1) is 10.1 Å². The van der Waals surface area contributed by atoms with Gasteiger partial charge in [0.25, 0.3) is 11.1 Å². The molecule has 0 aliphatic heterocycles. The molecule has 0 fully saturated rings. The maximum atomic E-state index is 10.6. The summed E-state index contributed by atoms with van der Waals surface area (Å²) in [5, 5.41) is 86.9. The molecule has 7 N–H and O–H groups in total. The van der Waals surface area contributed by atoms with E-state index in [1.807, 2.05) is 0 Å². The number of nitro groups is 3. The minimum absolute atomic E-state index is 0. The molecule has 0 saturated carbocycles. The monoisotopic (exact) mass is 1060 g/mol. The summed E-state index contributed by atoms with van der Waals surface area (Å²) < 4.78 is 9.60. The number of ether oxygens (including phenoxy) is 2. The molecule has 0 aromatic carbocycles. The van der Waals surface area contributed by atoms with Crippen molar-refractivity contribution in [1.29, 1.82) is 0 Å². The van der Waals surface area contributed by atoms with E-state index in [2.05, 4.69) is 34.7 Å². The van der Waals surface area contributed by atoms with Crippen LogP contribution in [0.5, 0.6) is 28.7 Å². The summed E-state index contributed by atoms with van der Waals surface area (Å²) in [4.78, 5) is 100. The fraction of sp³-hybridized carbons (Fsp3) is 0.216. The van der Waals surface area contributed by atoms with Gasteiger partial charge < -0.3 is 75.8 Å². The average Bonchev–Trinajstić information content (AvgIpc) is 3.26. The van der Waals surface area contributed by atoms with Crippen molar-refractivity contribution in [3.8, 4) is 28.7 Å². The van der Waals surface area contributed by atoms with Crippen LogP contribution in [0.15, 0.2) is 67.0 Å². The zero-order chi connectivity index (χ0) is 54.0. The summed E-state index contributed by atoms with van der Waals surface area (Å²) in [7, 11) is 0. The molecule has 0 saturated heterocycles. The number of hydrogen-bond acceptors (Lipinski definition) is 27. The predicted octanol–water partition coefficient (Wildman–Crippen LogP) is -2.75. The molecule has 0 bridgehead atoms. The van der Waals surface area contributed by atoms with Crippen LogP contribution in [-0.2, 0) is 29.0 Å². The van der Waals surface area contributed by atoms with Gasteiger partial charge in [0.2, 0.25) is 5.75 Å². The first-order valence-electron chi connectivity index (χ1n) is 17.8. The number of esters is 2. The molecule has 0 spiro atoms. The number of carbonyl (C=O) groups is 3. The number of hydrogen-bond donors (Lipinski definition) is 6. The van der Waals surface area contributed by atoms with Crippen LogP contribution in [0.3, 0.4) is 0 Å². The van der Waals surface area contributed by atoms with Crippen molar-refractivity contribution in [2.75, 3.05) is 5.73 Å². The van der Waals surface area contributed by atoms with E-state index in [9.17, 15) is 44.7 Å². The van der Waals surface area contributed by atoms with Gasteiger partial charge >= 0.3 is 132 Å². The number of nitrogens with zero attached hydrogens (tertiary/aromatic N) is 9. The zero-order valence-corrected chi connectivity index (χ0v) is 45.4. The van der Waals surface area contributed by atoms with E-state index in [0.29, 0.717) is 28.6 Å². The van der Waals surface area contributed by atoms with Gasteiger partial charge in [0.05, 0.1) is 22.0 Å². The van der Waals surface area contributed by atoms with Crippen LogP contribution in [0.25, 0.3) is 0 Å². The maximum Gasteiger partial charge on any atom is 1.00 e. The van der Waals surface area contributed by atoms with E-state index >= 15 is 0 Å². The Morgan fingerprint density at radius 1 is 0.606 bits per heavy atom. The number of aryl methyl sites for hydroxylation is 5. The third-order valence-corrected chi connectivity index (χ3v) is 6.42. The summed E-state index contributed by atoms with van der Waals surface area (Å²) in [6, 6.07) is 12.6. The Bertz CT molecular complexity index is 2480. The summed E-state index contributed by atoms with van der Waals surface area (Å²) >= 11 is 0. The van der Waals surface area contributed by atoms with Crippen LogP contribution < -0.4 is 123 Å². The second-order valence-corrected chi connectivity index (χ2v) is 11.7. The maximum absolute atomic E-state index is 10.6. The fourth-order valence-electron chi connectivity index (χ4n) is 3.54. The molecule has 0 unspecified atom stereocenters. The van der Waals surface area contributed by atoms with Crippen molar-refractivity contribution >= 4 is 47.5 Å². The minimum Gasteiger partial charge on any atom is -0.662 e. The minimum atomic E-state index is -1.50. The molecule has 0 atom stereocenters. The normalized spacial score (nSPS) is 8.59. The van der Waals surface area contributed by atoms with Crippen LogP contribution in [-0.4, -0.2) is 94.9 Å². The molecule has 5 aromatic rings. The van der Waals surface area contributed by atoms with E-state index in [4.69, 9.17) is 61.2 Å². The van der Waals surface area contributed by atoms with Crippen molar-refractivity contribution in [3.63, 3.8) is 0 Å². The Balaban J connectivity index is -0.000000240. The molecule has 5 aromatic heterocycles. The Morgan fingerprint density at radius 3 is 1.31 bits per heavy atom. The molecule has 34 heteroatoms. The first kappa shape index (κ1) is 73.4. The molecule has 0 aliphatic carbocycles. The number of carbonyl (C=O) groups excluding carboxylic acids is 4. The Kier molecular flexibility index (Phi) is 42.6. The van der Waals surface area contributed by atoms with Crippen molar-refractivity contribution in [2.45, 2.75) is 55.4 Å². The van der Waals surface area contributed by atoms with E-state index in [1.165, 1.54) is 59.0 Å². The van der Waals surface area contributed by atoms with Gasteiger partial charge in [-0.3, -0.25) is 34.5 Å². The largest absolute Gasteiger partial charge is 1.00 e. The van der Waals surface area contributed by atoms with Gasteiger partial charge in [0.1, 0.15) is 11.6 Å². The second kappa shape index (κ2) is 41.2. The van der Waals surface area contributed by atoms with Gasteiger partial charge in [-0.2, -0.15) is 0 Å². The van der Waals surface area contributed by atoms with Crippen LogP contribution in [0.4, 0.5) is 23.1 Å². The van der Waals surface area contributed by atoms with E-state index in [1.54, 1.807) is 44.3 Å². The first-order chi connectivity index (χ1) is 32.1. The third-order valence-electron chi connectivity index (χ3n) is 6.42. The summed E-state index contributed by atoms with van der Waals surface area (Å²) in [5.41, 5.74) is 7.23. The standard InChI is InChI=1S/C8H8N2O4.C8H10N2O2.2C6H6N2O3.C6H7NO.C2H4O3.CHO3.2K.HNO3/c1-5-7(14-6(2)11)3-4-8(9-5)10(12)13;1-5-7(12-6(2)11)3-4-8(9)10-5;1-4-6(9)5(8(10)11)2-3-7-4;1-4-5(9)2-3-6(7-4)8(10)11;1-5-6(8)3-2-4-7-5;1-2(3)5-4;2-1-4-3;;;2-1(3)4/h3-4H,1-2H3;3-4H,1-2H3,(H2,9,10);2*2-3,9H,1H3;2-4,8H,1H3;4H,1H3;3H;;;(H,2,3,4)/q;;;;;;-1;2*+1;/p-1. The number of aromatic hydroxyl groups is 3. The molecule has 32 nitrogen and oxygen atoms in total. The molecule has 374 valence electrons. The van der Waals surface area contributed by atoms with Gasteiger partial charge in [-0.25, -0.2) is 10.2 Å². The molecule has 5 rings (SSSR count). The molecular weight excluding hydrogens is 1010 g/mol. The molecule has 0 aliphatic rings. The van der Waals surface area contributed by atoms with Crippen LogP contribution in [0.2, 0.25) is 0 Å². The Labute approximate surface area is 485 Å². The zero-order valence-electron chi connectivity index (χ0n) is 39.1. The fourth-order valence-corrected chi connectivity index (χ4v) is 3.54. The smallest absolute Gasteiger partial charge is 0.662 e. The Morgan fingerprint density at radius 2 is 1.00 bits per heavy atom. The van der Waals surface area contributed by atoms with E-state index in [-0.39, 0.29) is 160 Å². The summed E-state index contributed by atoms with van der Waals surface area (Å²) in [6.45, 7) is 12.4. The van der Waals surface area contributed by atoms with Crippen LogP contribution >= 0.6 is 0 Å². The van der Waals surface area contributed by atoms with Crippen molar-refractivity contribution in [2.24, 2.45) is 0 Å². The van der Waals surface area contributed by atoms with Crippen LogP contribution in [0.1, 0.15) is 49.2 Å². The van der Waals surface area contributed by atoms with E-state index < -0.39 is 31.8 Å². The molecule has 0 amide bonds. The number of anilines is 1. The summed E-state index contributed by atoms with van der Waals surface area (Å²) in [5.74, 6) is -1.18. The van der Waals surface area contributed by atoms with Crippen molar-refractivity contribution in [3.05, 3.63) is 136 Å². The SMILES string of the molecule is CC(=O)O[O-].CC(=O)Oc1ccc(N)nc1C.CC(=O)Oc1ccc([N+](=O)[O-])nc1C.Cc1nc([N+](=O)[O-])ccc1O.Cc1nccc([N+](=O)[O-])c1O.Cc1ncccc1O.O=[C-]OO.O=[N+]([O-])O.[K+].[K+]. The summed E-state index contributed by atoms with van der Waals surface area (Å²) in [6.07, 6.45) is 2.93.